The molecule has 2 heterocycles. The number of likely N-dealkylation sites (tertiary alicyclic amines) is 1. The fraction of sp³-hybridized carbons (Fsp3) is 0.480. The van der Waals surface area contributed by atoms with Gasteiger partial charge in [0, 0.05) is 38.3 Å². The molecule has 2 N–H and O–H groups in total. The Kier molecular flexibility index (Phi) is 6.47. The van der Waals surface area contributed by atoms with Gasteiger partial charge in [-0.15, -0.1) is 0 Å². The van der Waals surface area contributed by atoms with Gasteiger partial charge >= 0.3 is 6.18 Å². The van der Waals surface area contributed by atoms with E-state index in [1.54, 1.807) is 18.2 Å². The third-order valence-electron chi connectivity index (χ3n) is 7.27. The third-order valence-corrected chi connectivity index (χ3v) is 7.27. The predicted octanol–water partition coefficient (Wildman–Crippen LogP) is 4.76. The van der Waals surface area contributed by atoms with Gasteiger partial charge in [-0.2, -0.15) is 13.2 Å². The zero-order valence-electron chi connectivity index (χ0n) is 18.3. The number of rotatable bonds is 4. The summed E-state index contributed by atoms with van der Waals surface area (Å²) in [6, 6.07) is 15.8. The summed E-state index contributed by atoms with van der Waals surface area (Å²) >= 11 is 0. The lowest BCUT2D eigenvalue weighted by Crippen LogP contribution is -2.52. The molecule has 2 aliphatic rings. The van der Waals surface area contributed by atoms with E-state index in [-0.39, 0.29) is 16.9 Å². The normalized spacial score (nSPS) is 21.9. The Morgan fingerprint density at radius 3 is 2.38 bits per heavy atom. The van der Waals surface area contributed by atoms with Crippen LogP contribution in [0.3, 0.4) is 0 Å². The van der Waals surface area contributed by atoms with Crippen LogP contribution in [-0.2, 0) is 4.79 Å². The minimum absolute atomic E-state index is 0.00739. The second-order valence-electron chi connectivity index (χ2n) is 8.92. The van der Waals surface area contributed by atoms with Gasteiger partial charge in [0.15, 0.2) is 5.92 Å². The van der Waals surface area contributed by atoms with E-state index in [4.69, 9.17) is 0 Å². The molecule has 2 aromatic carbocycles. The van der Waals surface area contributed by atoms with Gasteiger partial charge in [-0.3, -0.25) is 4.79 Å². The molecule has 2 saturated heterocycles. The lowest BCUT2D eigenvalue weighted by Gasteiger charge is -2.50. The number of piperidine rings is 2. The van der Waals surface area contributed by atoms with Crippen molar-refractivity contribution in [1.29, 1.82) is 0 Å². The van der Waals surface area contributed by atoms with E-state index in [2.05, 4.69) is 22.8 Å². The molecule has 32 heavy (non-hydrogen) atoms. The van der Waals surface area contributed by atoms with Crippen LogP contribution in [0.1, 0.15) is 42.2 Å². The van der Waals surface area contributed by atoms with Crippen LogP contribution in [0.5, 0.6) is 0 Å². The Morgan fingerprint density at radius 2 is 1.72 bits per heavy atom. The van der Waals surface area contributed by atoms with E-state index in [1.807, 2.05) is 19.2 Å². The first-order chi connectivity index (χ1) is 15.4. The Balaban J connectivity index is 1.55. The molecule has 0 radical (unpaired) electrons. The lowest BCUT2D eigenvalue weighted by atomic mass is 9.62. The highest BCUT2D eigenvalue weighted by Crippen LogP contribution is 2.50. The molecule has 4 rings (SSSR count). The number of anilines is 1. The van der Waals surface area contributed by atoms with Crippen molar-refractivity contribution in [2.24, 2.45) is 5.41 Å². The molecule has 0 aliphatic carbocycles. The number of halogens is 3. The van der Waals surface area contributed by atoms with Crippen molar-refractivity contribution in [2.75, 3.05) is 38.5 Å². The molecular formula is C25H30F3N3O. The van der Waals surface area contributed by atoms with E-state index in [0.717, 1.165) is 25.2 Å². The molecule has 0 saturated carbocycles. The summed E-state index contributed by atoms with van der Waals surface area (Å²) in [7, 11) is 1.91. The summed E-state index contributed by atoms with van der Waals surface area (Å²) in [6.07, 6.45) is -2.24. The average Bonchev–Trinajstić information content (AvgIpc) is 2.80. The number of hydrogen-bond donors (Lipinski definition) is 2. The van der Waals surface area contributed by atoms with E-state index in [1.165, 1.54) is 22.6 Å². The van der Waals surface area contributed by atoms with Crippen LogP contribution in [0, 0.1) is 5.41 Å². The van der Waals surface area contributed by atoms with Gasteiger partial charge in [0.25, 0.3) is 0 Å². The monoisotopic (exact) mass is 445 g/mol. The topological polar surface area (TPSA) is 44.4 Å². The number of benzene rings is 2. The quantitative estimate of drug-likeness (QED) is 0.713. The minimum Gasteiger partial charge on any atom is -0.388 e. The number of nitrogens with one attached hydrogen (secondary N) is 2. The van der Waals surface area contributed by atoms with E-state index >= 15 is 0 Å². The van der Waals surface area contributed by atoms with Crippen molar-refractivity contribution in [3.05, 3.63) is 65.7 Å². The molecule has 1 amide bonds. The summed E-state index contributed by atoms with van der Waals surface area (Å²) in [4.78, 5) is 14.5. The molecule has 2 aromatic rings. The Morgan fingerprint density at radius 1 is 1.06 bits per heavy atom. The predicted molar refractivity (Wildman–Crippen MR) is 120 cm³/mol. The van der Waals surface area contributed by atoms with E-state index in [9.17, 15) is 18.0 Å². The van der Waals surface area contributed by atoms with Crippen molar-refractivity contribution < 1.29 is 18.0 Å². The zero-order chi connectivity index (χ0) is 22.8. The smallest absolute Gasteiger partial charge is 0.388 e. The highest BCUT2D eigenvalue weighted by molar-refractivity contribution is 5.84. The van der Waals surface area contributed by atoms with Crippen molar-refractivity contribution in [1.82, 2.24) is 10.2 Å². The average molecular weight is 446 g/mol. The molecule has 2 aliphatic heterocycles. The molecule has 2 atom stereocenters. The van der Waals surface area contributed by atoms with Crippen molar-refractivity contribution in [2.45, 2.75) is 37.3 Å². The molecule has 0 bridgehead atoms. The van der Waals surface area contributed by atoms with Gasteiger partial charge in [0.1, 0.15) is 0 Å². The molecule has 7 heteroatoms. The minimum atomic E-state index is -4.61. The van der Waals surface area contributed by atoms with Gasteiger partial charge in [0.05, 0.1) is 0 Å². The number of carbonyl (C=O) groups excluding carboxylic acids is 1. The number of carbonyl (C=O) groups is 1. The summed E-state index contributed by atoms with van der Waals surface area (Å²) < 4.78 is 41.6. The summed E-state index contributed by atoms with van der Waals surface area (Å²) in [5, 5.41) is 6.77. The van der Waals surface area contributed by atoms with Crippen LogP contribution in [0.15, 0.2) is 54.6 Å². The fourth-order valence-electron chi connectivity index (χ4n) is 5.51. The number of amides is 1. The van der Waals surface area contributed by atoms with Gasteiger partial charge in [-0.1, -0.05) is 48.5 Å². The standard InChI is InChI=1S/C25H30F3N3O/c1-29-21-10-6-5-9-19(21)20-17-30-14-11-24(20)12-15-31(16-13-24)23(32)22(25(26,27)28)18-7-3-2-4-8-18/h2-10,20,22,29-30H,11-17H2,1H3/t20?,22-/m0/s1. The highest BCUT2D eigenvalue weighted by atomic mass is 19.4. The van der Waals surface area contributed by atoms with Crippen LogP contribution >= 0.6 is 0 Å². The highest BCUT2D eigenvalue weighted by Gasteiger charge is 2.50. The zero-order valence-corrected chi connectivity index (χ0v) is 18.3. The summed E-state index contributed by atoms with van der Waals surface area (Å²) in [5.41, 5.74) is 2.31. The molecule has 0 aromatic heterocycles. The maximum Gasteiger partial charge on any atom is 0.404 e. The Bertz CT molecular complexity index is 924. The first kappa shape index (κ1) is 22.6. The van der Waals surface area contributed by atoms with Crippen LogP contribution in [-0.4, -0.2) is 50.2 Å². The van der Waals surface area contributed by atoms with E-state index in [0.29, 0.717) is 25.9 Å². The van der Waals surface area contributed by atoms with E-state index < -0.39 is 18.0 Å². The summed E-state index contributed by atoms with van der Waals surface area (Å²) in [6.45, 7) is 2.44. The second-order valence-corrected chi connectivity index (χ2v) is 8.92. The first-order valence-corrected chi connectivity index (χ1v) is 11.2. The van der Waals surface area contributed by atoms with Crippen molar-refractivity contribution in [3.63, 3.8) is 0 Å². The first-order valence-electron chi connectivity index (χ1n) is 11.2. The Labute approximate surface area is 187 Å². The largest absolute Gasteiger partial charge is 0.404 e. The number of para-hydroxylation sites is 1. The van der Waals surface area contributed by atoms with Crippen molar-refractivity contribution in [3.8, 4) is 0 Å². The van der Waals surface area contributed by atoms with Crippen LogP contribution in [0.4, 0.5) is 18.9 Å². The molecule has 1 unspecified atom stereocenters. The van der Waals surface area contributed by atoms with Gasteiger partial charge in [-0.25, -0.2) is 0 Å². The van der Waals surface area contributed by atoms with Gasteiger partial charge in [-0.05, 0) is 48.4 Å². The van der Waals surface area contributed by atoms with Crippen LogP contribution in [0.25, 0.3) is 0 Å². The number of hydrogen-bond acceptors (Lipinski definition) is 3. The van der Waals surface area contributed by atoms with Crippen LogP contribution in [0.2, 0.25) is 0 Å². The maximum absolute atomic E-state index is 13.9. The van der Waals surface area contributed by atoms with Crippen molar-refractivity contribution >= 4 is 11.6 Å². The van der Waals surface area contributed by atoms with Gasteiger partial charge < -0.3 is 15.5 Å². The molecular weight excluding hydrogens is 415 g/mol. The number of alkyl halides is 3. The summed E-state index contributed by atoms with van der Waals surface area (Å²) in [5.74, 6) is -2.68. The fourth-order valence-corrected chi connectivity index (χ4v) is 5.51. The third kappa shape index (κ3) is 4.35. The Hall–Kier alpha value is -2.54. The van der Waals surface area contributed by atoms with Crippen LogP contribution < -0.4 is 10.6 Å². The molecule has 4 nitrogen and oxygen atoms in total. The molecule has 2 fully saturated rings. The number of nitrogens with zero attached hydrogens (tertiary/aromatic N) is 1. The molecule has 1 spiro atoms. The lowest BCUT2D eigenvalue weighted by molar-refractivity contribution is -0.173. The SMILES string of the molecule is CNc1ccccc1C1CNCCC12CCN(C(=O)[C@H](c1ccccc1)C(F)(F)F)CC2. The maximum atomic E-state index is 13.9. The molecule has 172 valence electrons. The van der Waals surface area contributed by atoms with Gasteiger partial charge in [0.2, 0.25) is 5.91 Å². The second kappa shape index (κ2) is 9.14.